The van der Waals surface area contributed by atoms with Crippen LogP contribution >= 0.6 is 0 Å². The predicted octanol–water partition coefficient (Wildman–Crippen LogP) is 2.04. The van der Waals surface area contributed by atoms with Gasteiger partial charge in [-0.15, -0.1) is 0 Å². The highest BCUT2D eigenvalue weighted by molar-refractivity contribution is 5.77. The van der Waals surface area contributed by atoms with E-state index in [4.69, 9.17) is 5.73 Å². The number of hydrogen-bond acceptors (Lipinski definition) is 3. The van der Waals surface area contributed by atoms with Gasteiger partial charge in [0.05, 0.1) is 0 Å². The van der Waals surface area contributed by atoms with E-state index >= 15 is 0 Å². The lowest BCUT2D eigenvalue weighted by Crippen LogP contribution is -2.44. The van der Waals surface area contributed by atoms with Crippen LogP contribution in [0.3, 0.4) is 0 Å². The van der Waals surface area contributed by atoms with Gasteiger partial charge in [0, 0.05) is 30.2 Å². The minimum atomic E-state index is -0.209. The van der Waals surface area contributed by atoms with Crippen LogP contribution in [-0.2, 0) is 4.79 Å². The zero-order valence-corrected chi connectivity index (χ0v) is 12.3. The zero-order chi connectivity index (χ0) is 14.5. The van der Waals surface area contributed by atoms with Crippen LogP contribution in [-0.4, -0.2) is 24.0 Å². The van der Waals surface area contributed by atoms with Crippen molar-refractivity contribution in [3.05, 3.63) is 29.8 Å². The van der Waals surface area contributed by atoms with Crippen molar-refractivity contribution in [2.45, 2.75) is 45.7 Å². The molecule has 1 aromatic rings. The maximum Gasteiger partial charge on any atom is 0.222 e. The van der Waals surface area contributed by atoms with Crippen LogP contribution in [0.1, 0.15) is 32.8 Å². The van der Waals surface area contributed by atoms with Gasteiger partial charge in [0.1, 0.15) is 0 Å². The average Bonchev–Trinajstić information content (AvgIpc) is 2.28. The van der Waals surface area contributed by atoms with Gasteiger partial charge in [-0.2, -0.15) is 0 Å². The highest BCUT2D eigenvalue weighted by Crippen LogP contribution is 2.15. The molecule has 0 aliphatic carbocycles. The summed E-state index contributed by atoms with van der Waals surface area (Å²) in [4.78, 5) is 11.9. The molecule has 1 aromatic carbocycles. The third-order valence-corrected chi connectivity index (χ3v) is 2.74. The van der Waals surface area contributed by atoms with Crippen molar-refractivity contribution in [2.24, 2.45) is 5.73 Å². The number of benzene rings is 1. The Kier molecular flexibility index (Phi) is 5.36. The molecule has 0 aliphatic heterocycles. The summed E-state index contributed by atoms with van der Waals surface area (Å²) in [5.41, 5.74) is 7.71. The predicted molar refractivity (Wildman–Crippen MR) is 80.2 cm³/mol. The first-order valence-electron chi connectivity index (χ1n) is 6.65. The van der Waals surface area contributed by atoms with E-state index in [0.29, 0.717) is 13.0 Å². The van der Waals surface area contributed by atoms with Crippen molar-refractivity contribution in [1.29, 1.82) is 0 Å². The van der Waals surface area contributed by atoms with E-state index in [2.05, 4.69) is 10.6 Å². The van der Waals surface area contributed by atoms with Gasteiger partial charge in [-0.1, -0.05) is 18.2 Å². The Morgan fingerprint density at radius 3 is 2.47 bits per heavy atom. The number of nitrogens with one attached hydrogen (secondary N) is 2. The number of hydrogen-bond donors (Lipinski definition) is 3. The fourth-order valence-electron chi connectivity index (χ4n) is 1.84. The van der Waals surface area contributed by atoms with Crippen molar-refractivity contribution in [3.63, 3.8) is 0 Å². The van der Waals surface area contributed by atoms with Gasteiger partial charge in [-0.25, -0.2) is 0 Å². The number of nitrogens with two attached hydrogens (primary N) is 1. The van der Waals surface area contributed by atoms with Crippen LogP contribution in [0.25, 0.3) is 0 Å². The quantitative estimate of drug-likeness (QED) is 0.761. The highest BCUT2D eigenvalue weighted by atomic mass is 16.1. The van der Waals surface area contributed by atoms with Crippen LogP contribution in [0.15, 0.2) is 24.3 Å². The molecule has 0 spiro atoms. The Labute approximate surface area is 115 Å². The molecule has 0 saturated carbocycles. The van der Waals surface area contributed by atoms with Crippen molar-refractivity contribution in [2.75, 3.05) is 11.9 Å². The topological polar surface area (TPSA) is 67.1 Å². The number of carbonyl (C=O) groups excluding carboxylic acids is 1. The van der Waals surface area contributed by atoms with E-state index < -0.39 is 0 Å². The van der Waals surface area contributed by atoms with Gasteiger partial charge < -0.3 is 16.4 Å². The maximum absolute atomic E-state index is 11.9. The lowest BCUT2D eigenvalue weighted by atomic mass is 10.1. The van der Waals surface area contributed by atoms with Gasteiger partial charge >= 0.3 is 0 Å². The minimum Gasteiger partial charge on any atom is -0.380 e. The summed E-state index contributed by atoms with van der Waals surface area (Å²) in [7, 11) is 0. The Morgan fingerprint density at radius 1 is 1.32 bits per heavy atom. The Bertz CT molecular complexity index is 424. The van der Waals surface area contributed by atoms with Crippen molar-refractivity contribution in [3.8, 4) is 0 Å². The molecule has 0 aliphatic rings. The van der Waals surface area contributed by atoms with E-state index in [9.17, 15) is 4.79 Å². The molecule has 0 heterocycles. The van der Waals surface area contributed by atoms with Gasteiger partial charge in [-0.05, 0) is 39.3 Å². The summed E-state index contributed by atoms with van der Waals surface area (Å²) >= 11 is 0. The SMILES string of the molecule is Cc1ccccc1NC(CN)CC(=O)NC(C)(C)C. The summed E-state index contributed by atoms with van der Waals surface area (Å²) in [5, 5.41) is 6.28. The van der Waals surface area contributed by atoms with Crippen molar-refractivity contribution in [1.82, 2.24) is 5.32 Å². The number of amides is 1. The van der Waals surface area contributed by atoms with Crippen molar-refractivity contribution < 1.29 is 4.79 Å². The molecule has 0 fully saturated rings. The molecule has 1 amide bonds. The molecule has 0 saturated heterocycles. The molecular formula is C15H25N3O. The van der Waals surface area contributed by atoms with Gasteiger partial charge in [0.2, 0.25) is 5.91 Å². The molecule has 4 nitrogen and oxygen atoms in total. The van der Waals surface area contributed by atoms with Gasteiger partial charge in [-0.3, -0.25) is 4.79 Å². The fourth-order valence-corrected chi connectivity index (χ4v) is 1.84. The second-order valence-corrected chi connectivity index (χ2v) is 5.89. The number of anilines is 1. The Morgan fingerprint density at radius 2 is 1.95 bits per heavy atom. The summed E-state index contributed by atoms with van der Waals surface area (Å²) < 4.78 is 0. The Balaban J connectivity index is 2.60. The number of aryl methyl sites for hydroxylation is 1. The lowest BCUT2D eigenvalue weighted by molar-refractivity contribution is -0.122. The first kappa shape index (κ1) is 15.5. The molecule has 4 N–H and O–H groups in total. The maximum atomic E-state index is 11.9. The number of carbonyl (C=O) groups is 1. The van der Waals surface area contributed by atoms with Crippen LogP contribution < -0.4 is 16.4 Å². The van der Waals surface area contributed by atoms with Crippen LogP contribution in [0, 0.1) is 6.92 Å². The molecule has 1 atom stereocenters. The average molecular weight is 263 g/mol. The third-order valence-electron chi connectivity index (χ3n) is 2.74. The van der Waals surface area contributed by atoms with Crippen LogP contribution in [0.5, 0.6) is 0 Å². The van der Waals surface area contributed by atoms with E-state index in [1.165, 1.54) is 0 Å². The first-order chi connectivity index (χ1) is 8.81. The standard InChI is InChI=1S/C15H25N3O/c1-11-7-5-6-8-13(11)17-12(10-16)9-14(19)18-15(2,3)4/h5-8,12,17H,9-10,16H2,1-4H3,(H,18,19). The second-order valence-electron chi connectivity index (χ2n) is 5.89. The van der Waals surface area contributed by atoms with E-state index in [0.717, 1.165) is 11.3 Å². The first-order valence-corrected chi connectivity index (χ1v) is 6.65. The molecule has 1 unspecified atom stereocenters. The lowest BCUT2D eigenvalue weighted by Gasteiger charge is -2.24. The van der Waals surface area contributed by atoms with Crippen LogP contribution in [0.4, 0.5) is 5.69 Å². The third kappa shape index (κ3) is 5.75. The highest BCUT2D eigenvalue weighted by Gasteiger charge is 2.17. The molecule has 19 heavy (non-hydrogen) atoms. The van der Waals surface area contributed by atoms with E-state index in [-0.39, 0.29) is 17.5 Å². The van der Waals surface area contributed by atoms with E-state index in [1.807, 2.05) is 52.0 Å². The Hall–Kier alpha value is -1.55. The smallest absolute Gasteiger partial charge is 0.222 e. The molecule has 4 heteroatoms. The van der Waals surface area contributed by atoms with Crippen molar-refractivity contribution >= 4 is 11.6 Å². The van der Waals surface area contributed by atoms with Gasteiger partial charge in [0.15, 0.2) is 0 Å². The van der Waals surface area contributed by atoms with Gasteiger partial charge in [0.25, 0.3) is 0 Å². The summed E-state index contributed by atoms with van der Waals surface area (Å²) in [6, 6.07) is 7.94. The summed E-state index contributed by atoms with van der Waals surface area (Å²) in [6.45, 7) is 8.36. The van der Waals surface area contributed by atoms with E-state index in [1.54, 1.807) is 0 Å². The fraction of sp³-hybridized carbons (Fsp3) is 0.533. The number of rotatable bonds is 5. The molecule has 0 bridgehead atoms. The summed E-state index contributed by atoms with van der Waals surface area (Å²) in [6.07, 6.45) is 0.377. The monoisotopic (exact) mass is 263 g/mol. The second kappa shape index (κ2) is 6.57. The molecule has 0 aromatic heterocycles. The minimum absolute atomic E-state index is 0.0176. The zero-order valence-electron chi connectivity index (χ0n) is 12.3. The van der Waals surface area contributed by atoms with Crippen LogP contribution in [0.2, 0.25) is 0 Å². The molecule has 1 rings (SSSR count). The molecule has 0 radical (unpaired) electrons. The normalized spacial score (nSPS) is 12.9. The molecule has 106 valence electrons. The largest absolute Gasteiger partial charge is 0.380 e. The number of para-hydroxylation sites is 1. The molecular weight excluding hydrogens is 238 g/mol. The summed E-state index contributed by atoms with van der Waals surface area (Å²) in [5.74, 6) is 0.0176.